The van der Waals surface area contributed by atoms with Gasteiger partial charge in [-0.15, -0.1) is 0 Å². The summed E-state index contributed by atoms with van der Waals surface area (Å²) in [5.74, 6) is -3.97. The lowest BCUT2D eigenvalue weighted by Crippen LogP contribution is -2.57. The molecule has 10 heteroatoms. The number of nitrogens with one attached hydrogen (secondary N) is 2. The first-order chi connectivity index (χ1) is 15.3. The highest BCUT2D eigenvalue weighted by molar-refractivity contribution is 6.01. The number of hydrogen-bond donors (Lipinski definition) is 2. The fraction of sp³-hybridized carbons (Fsp3) is 0.391. The zero-order chi connectivity index (χ0) is 24.4. The molecule has 1 saturated heterocycles. The maximum atomic E-state index is 13.0. The lowest BCUT2D eigenvalue weighted by Gasteiger charge is -2.35. The van der Waals surface area contributed by atoms with E-state index in [1.807, 2.05) is 5.32 Å². The topological polar surface area (TPSA) is 58.2 Å². The predicted molar refractivity (Wildman–Crippen MR) is 108 cm³/mol. The van der Waals surface area contributed by atoms with E-state index in [-0.39, 0.29) is 5.56 Å². The van der Waals surface area contributed by atoms with Gasteiger partial charge < -0.3 is 10.6 Å². The second kappa shape index (κ2) is 9.44. The predicted octanol–water partition coefficient (Wildman–Crippen LogP) is 4.70. The van der Waals surface area contributed by atoms with Crippen molar-refractivity contribution in [3.8, 4) is 0 Å². The van der Waals surface area contributed by atoms with Crippen LogP contribution in [0.25, 0.3) is 0 Å². The van der Waals surface area contributed by atoms with Crippen LogP contribution < -0.4 is 10.6 Å². The Balaban J connectivity index is 1.83. The quantitative estimate of drug-likeness (QED) is 0.490. The molecule has 0 radical (unpaired) electrons. The Kier molecular flexibility index (Phi) is 7.04. The molecule has 2 amide bonds. The van der Waals surface area contributed by atoms with Crippen molar-refractivity contribution < 1.29 is 35.9 Å². The maximum absolute atomic E-state index is 13.0. The minimum atomic E-state index is -4.61. The molecule has 0 spiro atoms. The van der Waals surface area contributed by atoms with Crippen LogP contribution in [0.4, 0.5) is 26.3 Å². The van der Waals surface area contributed by atoms with Gasteiger partial charge in [-0.25, -0.2) is 0 Å². The molecule has 1 aliphatic rings. The van der Waals surface area contributed by atoms with Crippen molar-refractivity contribution in [2.45, 2.75) is 44.2 Å². The summed E-state index contributed by atoms with van der Waals surface area (Å²) >= 11 is 0. The molecule has 2 N–H and O–H groups in total. The first-order valence-electron chi connectivity index (χ1n) is 10.2. The Bertz CT molecular complexity index is 973. The summed E-state index contributed by atoms with van der Waals surface area (Å²) in [6.45, 7) is 1.41. The number of carbonyl (C=O) groups excluding carboxylic acids is 2. The largest absolute Gasteiger partial charge is 0.408 e. The zero-order valence-corrected chi connectivity index (χ0v) is 17.5. The SMILES string of the molecule is CC1CC(C(F)(F)F)NC(=O)C1C(=O)NC(c1ccccc1)c1ccc(CC(F)(F)F)cc1. The molecule has 4 unspecified atom stereocenters. The Morgan fingerprint density at radius 3 is 2.09 bits per heavy atom. The number of alkyl halides is 6. The van der Waals surface area contributed by atoms with E-state index in [9.17, 15) is 35.9 Å². The highest BCUT2D eigenvalue weighted by atomic mass is 19.4. The van der Waals surface area contributed by atoms with E-state index in [1.54, 1.807) is 30.3 Å². The van der Waals surface area contributed by atoms with Gasteiger partial charge in [0.25, 0.3) is 0 Å². The molecule has 2 aromatic rings. The van der Waals surface area contributed by atoms with Crippen LogP contribution in [0.2, 0.25) is 0 Å². The van der Waals surface area contributed by atoms with Gasteiger partial charge in [0, 0.05) is 0 Å². The standard InChI is InChI=1S/C23H22F6N2O2/c1-13-11-17(23(27,28)29)30-20(32)18(13)21(33)31-19(15-5-3-2-4-6-15)16-9-7-14(8-10-16)12-22(24,25)26/h2-10,13,17-19H,11-12H2,1H3,(H,30,32)(H,31,33). The summed E-state index contributed by atoms with van der Waals surface area (Å²) < 4.78 is 77.0. The number of hydrogen-bond acceptors (Lipinski definition) is 2. The van der Waals surface area contributed by atoms with Crippen LogP contribution in [0, 0.1) is 11.8 Å². The van der Waals surface area contributed by atoms with Crippen molar-refractivity contribution in [1.82, 2.24) is 10.6 Å². The monoisotopic (exact) mass is 472 g/mol. The average molecular weight is 472 g/mol. The molecular formula is C23H22F6N2O2. The molecule has 0 aromatic heterocycles. The van der Waals surface area contributed by atoms with E-state index in [4.69, 9.17) is 0 Å². The van der Waals surface area contributed by atoms with Crippen LogP contribution in [-0.2, 0) is 16.0 Å². The van der Waals surface area contributed by atoms with Gasteiger partial charge in [0.1, 0.15) is 12.0 Å². The summed E-state index contributed by atoms with van der Waals surface area (Å²) in [4.78, 5) is 25.3. The molecule has 1 fully saturated rings. The molecule has 4 atom stereocenters. The lowest BCUT2D eigenvalue weighted by atomic mass is 9.82. The van der Waals surface area contributed by atoms with E-state index in [2.05, 4.69) is 5.32 Å². The van der Waals surface area contributed by atoms with Crippen LogP contribution in [0.5, 0.6) is 0 Å². The smallest absolute Gasteiger partial charge is 0.344 e. The number of carbonyl (C=O) groups is 2. The molecule has 0 aliphatic carbocycles. The van der Waals surface area contributed by atoms with Crippen molar-refractivity contribution in [2.24, 2.45) is 11.8 Å². The fourth-order valence-corrected chi connectivity index (χ4v) is 3.98. The molecule has 3 rings (SSSR count). The van der Waals surface area contributed by atoms with E-state index < -0.39 is 60.9 Å². The van der Waals surface area contributed by atoms with Crippen LogP contribution in [0.1, 0.15) is 36.1 Å². The highest BCUT2D eigenvalue weighted by Gasteiger charge is 2.49. The van der Waals surface area contributed by atoms with Crippen LogP contribution in [0.3, 0.4) is 0 Å². The third-order valence-electron chi connectivity index (χ3n) is 5.59. The first-order valence-corrected chi connectivity index (χ1v) is 10.2. The summed E-state index contributed by atoms with van der Waals surface area (Å²) in [7, 11) is 0. The average Bonchev–Trinajstić information content (AvgIpc) is 2.71. The van der Waals surface area contributed by atoms with Crippen molar-refractivity contribution in [1.29, 1.82) is 0 Å². The van der Waals surface area contributed by atoms with Gasteiger partial charge in [0.15, 0.2) is 0 Å². The van der Waals surface area contributed by atoms with Gasteiger partial charge >= 0.3 is 12.4 Å². The number of piperidine rings is 1. The second-order valence-corrected chi connectivity index (χ2v) is 8.18. The molecule has 33 heavy (non-hydrogen) atoms. The van der Waals surface area contributed by atoms with E-state index in [0.717, 1.165) is 0 Å². The zero-order valence-electron chi connectivity index (χ0n) is 17.5. The van der Waals surface area contributed by atoms with Crippen molar-refractivity contribution >= 4 is 11.8 Å². The normalized spacial score (nSPS) is 22.4. The minimum Gasteiger partial charge on any atom is -0.344 e. The lowest BCUT2D eigenvalue weighted by molar-refractivity contribution is -0.175. The van der Waals surface area contributed by atoms with E-state index in [1.165, 1.54) is 31.2 Å². The minimum absolute atomic E-state index is 0.0443. The first kappa shape index (κ1) is 24.6. The van der Waals surface area contributed by atoms with Gasteiger partial charge in [-0.2, -0.15) is 26.3 Å². The van der Waals surface area contributed by atoms with Gasteiger partial charge in [-0.05, 0) is 29.0 Å². The fourth-order valence-electron chi connectivity index (χ4n) is 3.98. The molecule has 1 heterocycles. The molecule has 2 aromatic carbocycles. The summed E-state index contributed by atoms with van der Waals surface area (Å²) in [6.07, 6.45) is -10.5. The van der Waals surface area contributed by atoms with Crippen molar-refractivity contribution in [3.05, 3.63) is 71.3 Å². The number of amides is 2. The van der Waals surface area contributed by atoms with Gasteiger partial charge in [0.05, 0.1) is 12.5 Å². The van der Waals surface area contributed by atoms with Crippen LogP contribution in [0.15, 0.2) is 54.6 Å². The Morgan fingerprint density at radius 1 is 1.00 bits per heavy atom. The molecule has 178 valence electrons. The van der Waals surface area contributed by atoms with E-state index in [0.29, 0.717) is 11.1 Å². The summed E-state index contributed by atoms with van der Waals surface area (Å²) in [5.41, 5.74) is 1.12. The third kappa shape index (κ3) is 6.27. The molecule has 1 aliphatic heterocycles. The Hall–Kier alpha value is -3.04. The third-order valence-corrected chi connectivity index (χ3v) is 5.59. The Morgan fingerprint density at radius 2 is 1.58 bits per heavy atom. The summed E-state index contributed by atoms with van der Waals surface area (Å²) in [5, 5.41) is 4.57. The molecule has 4 nitrogen and oxygen atoms in total. The number of halogens is 6. The molecule has 0 bridgehead atoms. The van der Waals surface area contributed by atoms with Gasteiger partial charge in [0.2, 0.25) is 11.8 Å². The van der Waals surface area contributed by atoms with Crippen molar-refractivity contribution in [2.75, 3.05) is 0 Å². The molecule has 0 saturated carbocycles. The van der Waals surface area contributed by atoms with Crippen molar-refractivity contribution in [3.63, 3.8) is 0 Å². The number of rotatable bonds is 5. The Labute approximate surface area is 186 Å². The second-order valence-electron chi connectivity index (χ2n) is 8.18. The van der Waals surface area contributed by atoms with Gasteiger partial charge in [-0.3, -0.25) is 9.59 Å². The molecular weight excluding hydrogens is 450 g/mol. The number of benzene rings is 2. The maximum Gasteiger partial charge on any atom is 0.408 e. The highest BCUT2D eigenvalue weighted by Crippen LogP contribution is 2.33. The van der Waals surface area contributed by atoms with E-state index >= 15 is 0 Å². The van der Waals surface area contributed by atoms with Crippen LogP contribution >= 0.6 is 0 Å². The van der Waals surface area contributed by atoms with Gasteiger partial charge in [-0.1, -0.05) is 61.5 Å². The summed E-state index contributed by atoms with van der Waals surface area (Å²) in [6, 6.07) is 11.2. The van der Waals surface area contributed by atoms with Crippen LogP contribution in [-0.4, -0.2) is 30.2 Å².